The summed E-state index contributed by atoms with van der Waals surface area (Å²) < 4.78 is 31.9. The van der Waals surface area contributed by atoms with Crippen LogP contribution in [-0.2, 0) is 34.3 Å². The van der Waals surface area contributed by atoms with Crippen molar-refractivity contribution in [2.75, 3.05) is 19.0 Å². The van der Waals surface area contributed by atoms with Gasteiger partial charge in [-0.3, -0.25) is 23.7 Å². The van der Waals surface area contributed by atoms with Crippen LogP contribution in [0.5, 0.6) is 0 Å². The molecule has 0 spiro atoms. The van der Waals surface area contributed by atoms with Crippen molar-refractivity contribution in [3.63, 3.8) is 0 Å². The van der Waals surface area contributed by atoms with Crippen LogP contribution in [0.25, 0.3) is 0 Å². The van der Waals surface area contributed by atoms with Crippen molar-refractivity contribution in [1.82, 2.24) is 14.6 Å². The number of nitrogens with zero attached hydrogens (tertiary/aromatic N) is 3. The van der Waals surface area contributed by atoms with E-state index in [0.717, 1.165) is 25.4 Å². The van der Waals surface area contributed by atoms with Crippen molar-refractivity contribution >= 4 is 67.1 Å². The van der Waals surface area contributed by atoms with Crippen LogP contribution in [0.3, 0.4) is 0 Å². The normalized spacial score (nSPS) is 19.1. The van der Waals surface area contributed by atoms with Gasteiger partial charge in [0.05, 0.1) is 6.54 Å². The van der Waals surface area contributed by atoms with Gasteiger partial charge in [-0.05, 0) is 0 Å². The zero-order valence-electron chi connectivity index (χ0n) is 15.4. The maximum atomic E-state index is 12.6. The number of thioether (sulfide) groups is 1. The molecule has 1 aromatic heterocycles. The molecule has 1 aromatic rings. The Labute approximate surface area is 178 Å². The number of hydrogen-bond acceptors (Lipinski definition) is 12. The lowest BCUT2D eigenvalue weighted by molar-refractivity contribution is -0.141. The summed E-state index contributed by atoms with van der Waals surface area (Å²) in [4.78, 5) is 56.1. The van der Waals surface area contributed by atoms with E-state index in [1.807, 2.05) is 0 Å². The molecule has 5 N–H and O–H groups in total. The SMILES string of the molecule is CON=C(C(=O)N[C@@H]1C(=O)N(S(=O)(=O)O)[C@@H]1SC(C)=O)c1csc(NC(=O)CN)n1. The van der Waals surface area contributed by atoms with E-state index >= 15 is 0 Å². The highest BCUT2D eigenvalue weighted by Crippen LogP contribution is 2.32. The van der Waals surface area contributed by atoms with Crippen molar-refractivity contribution in [3.05, 3.63) is 11.1 Å². The molecule has 2 rings (SSSR count). The van der Waals surface area contributed by atoms with Crippen LogP contribution in [-0.4, -0.2) is 75.9 Å². The number of β-lactam (4-membered cyclic amide) rings is 1. The number of carbonyl (C=O) groups excluding carboxylic acids is 4. The molecule has 14 nitrogen and oxygen atoms in total. The molecular formula is C13H16N6O8S3. The summed E-state index contributed by atoms with van der Waals surface area (Å²) in [6, 6.07) is -1.44. The number of nitrogens with one attached hydrogen (secondary N) is 2. The molecule has 0 aliphatic carbocycles. The quantitative estimate of drug-likeness (QED) is 0.140. The Balaban J connectivity index is 2.22. The number of hydrogen-bond donors (Lipinski definition) is 4. The number of amides is 3. The standard InChI is InChI=1S/C13H16N6O8S3/c1-5(20)29-12-9(11(23)19(12)30(24,25)26)17-10(22)8(18-27-2)6-4-28-13(15-6)16-7(21)3-14/h4,9,12H,3,14H2,1-2H3,(H,17,22)(H,15,16,21)(H,24,25,26)/t9-,12-/m1/s1. The number of aromatic nitrogens is 1. The topological polar surface area (TPSA) is 210 Å². The second kappa shape index (κ2) is 9.47. The van der Waals surface area contributed by atoms with E-state index < -0.39 is 44.6 Å². The predicted molar refractivity (Wildman–Crippen MR) is 106 cm³/mol. The lowest BCUT2D eigenvalue weighted by Gasteiger charge is -2.42. The third kappa shape index (κ3) is 5.30. The molecule has 2 heterocycles. The molecule has 17 heteroatoms. The Bertz CT molecular complexity index is 1010. The molecule has 0 unspecified atom stereocenters. The Kier molecular flexibility index (Phi) is 7.48. The van der Waals surface area contributed by atoms with E-state index in [-0.39, 0.29) is 27.4 Å². The summed E-state index contributed by atoms with van der Waals surface area (Å²) in [5.74, 6) is -2.63. The van der Waals surface area contributed by atoms with Crippen LogP contribution >= 0.6 is 23.1 Å². The second-order valence-electron chi connectivity index (χ2n) is 5.48. The molecule has 1 aliphatic heterocycles. The van der Waals surface area contributed by atoms with Gasteiger partial charge in [0.2, 0.25) is 5.91 Å². The molecule has 1 aliphatic rings. The van der Waals surface area contributed by atoms with Crippen LogP contribution in [0.1, 0.15) is 12.6 Å². The van der Waals surface area contributed by atoms with Gasteiger partial charge in [0.15, 0.2) is 16.0 Å². The lowest BCUT2D eigenvalue weighted by atomic mass is 10.1. The average molecular weight is 481 g/mol. The van der Waals surface area contributed by atoms with E-state index in [1.165, 1.54) is 5.38 Å². The van der Waals surface area contributed by atoms with E-state index in [1.54, 1.807) is 0 Å². The molecule has 3 amide bonds. The smallest absolute Gasteiger partial charge is 0.363 e. The van der Waals surface area contributed by atoms with Crippen LogP contribution in [0, 0.1) is 0 Å². The van der Waals surface area contributed by atoms with Gasteiger partial charge in [-0.1, -0.05) is 16.9 Å². The third-order valence-corrected chi connectivity index (χ3v) is 6.25. The van der Waals surface area contributed by atoms with Gasteiger partial charge in [0.1, 0.15) is 24.2 Å². The van der Waals surface area contributed by atoms with Gasteiger partial charge in [-0.15, -0.1) is 11.3 Å². The molecule has 2 atom stereocenters. The van der Waals surface area contributed by atoms with Crippen molar-refractivity contribution in [2.45, 2.75) is 18.3 Å². The van der Waals surface area contributed by atoms with Crippen molar-refractivity contribution in [1.29, 1.82) is 0 Å². The minimum Gasteiger partial charge on any atom is -0.398 e. The number of oxime groups is 1. The molecule has 1 fully saturated rings. The fourth-order valence-electron chi connectivity index (χ4n) is 2.22. The number of nitrogens with two attached hydrogens (primary N) is 1. The summed E-state index contributed by atoms with van der Waals surface area (Å²) >= 11 is 1.40. The van der Waals surface area contributed by atoms with Crippen LogP contribution < -0.4 is 16.4 Å². The summed E-state index contributed by atoms with van der Waals surface area (Å²) in [7, 11) is -3.78. The molecule has 1 saturated heterocycles. The molecule has 0 bridgehead atoms. The summed E-state index contributed by atoms with van der Waals surface area (Å²) in [5.41, 5.74) is 4.80. The van der Waals surface area contributed by atoms with Gasteiger partial charge in [0, 0.05) is 12.3 Å². The Hall–Kier alpha value is -2.60. The number of thiazole rings is 1. The first-order valence-electron chi connectivity index (χ1n) is 7.85. The Morgan fingerprint density at radius 1 is 1.47 bits per heavy atom. The molecule has 0 radical (unpaired) electrons. The molecule has 30 heavy (non-hydrogen) atoms. The predicted octanol–water partition coefficient (Wildman–Crippen LogP) is -1.87. The first-order chi connectivity index (χ1) is 14.0. The van der Waals surface area contributed by atoms with E-state index in [4.69, 9.17) is 10.3 Å². The fraction of sp³-hybridized carbons (Fsp3) is 0.385. The van der Waals surface area contributed by atoms with Crippen molar-refractivity contribution in [3.8, 4) is 0 Å². The molecule has 164 valence electrons. The van der Waals surface area contributed by atoms with Crippen molar-refractivity contribution in [2.24, 2.45) is 10.9 Å². The van der Waals surface area contributed by atoms with Gasteiger partial charge >= 0.3 is 10.3 Å². The minimum atomic E-state index is -4.93. The maximum Gasteiger partial charge on any atom is 0.363 e. The highest BCUT2D eigenvalue weighted by Gasteiger charge is 2.55. The van der Waals surface area contributed by atoms with E-state index in [0.29, 0.717) is 11.8 Å². The van der Waals surface area contributed by atoms with Gasteiger partial charge in [0.25, 0.3) is 11.8 Å². The number of carbonyl (C=O) groups is 4. The monoisotopic (exact) mass is 480 g/mol. The number of anilines is 1. The van der Waals surface area contributed by atoms with Gasteiger partial charge < -0.3 is 21.2 Å². The van der Waals surface area contributed by atoms with Crippen LogP contribution in [0.4, 0.5) is 5.13 Å². The molecular weight excluding hydrogens is 464 g/mol. The third-order valence-electron chi connectivity index (χ3n) is 3.40. The zero-order chi connectivity index (χ0) is 22.6. The van der Waals surface area contributed by atoms with Crippen molar-refractivity contribution < 1.29 is 37.0 Å². The summed E-state index contributed by atoms with van der Waals surface area (Å²) in [6.45, 7) is 0.844. The van der Waals surface area contributed by atoms with Gasteiger partial charge in [-0.25, -0.2) is 4.98 Å². The molecule has 0 saturated carbocycles. The van der Waals surface area contributed by atoms with Crippen LogP contribution in [0.15, 0.2) is 10.5 Å². The zero-order valence-corrected chi connectivity index (χ0v) is 17.8. The van der Waals surface area contributed by atoms with Crippen LogP contribution in [0.2, 0.25) is 0 Å². The first kappa shape index (κ1) is 23.7. The molecule has 0 aromatic carbocycles. The first-order valence-corrected chi connectivity index (χ1v) is 11.0. The second-order valence-corrected chi connectivity index (χ2v) is 8.92. The highest BCUT2D eigenvalue weighted by molar-refractivity contribution is 8.14. The average Bonchev–Trinajstić information content (AvgIpc) is 3.09. The van der Waals surface area contributed by atoms with E-state index in [9.17, 15) is 27.6 Å². The number of rotatable bonds is 8. The largest absolute Gasteiger partial charge is 0.398 e. The maximum absolute atomic E-state index is 12.6. The Morgan fingerprint density at radius 2 is 2.13 bits per heavy atom. The van der Waals surface area contributed by atoms with Gasteiger partial charge in [-0.2, -0.15) is 12.7 Å². The lowest BCUT2D eigenvalue weighted by Crippen LogP contribution is -2.71. The highest BCUT2D eigenvalue weighted by atomic mass is 32.2. The Morgan fingerprint density at radius 3 is 2.67 bits per heavy atom. The van der Waals surface area contributed by atoms with E-state index in [2.05, 4.69) is 25.6 Å². The minimum absolute atomic E-state index is 0.0131. The fourth-order valence-corrected chi connectivity index (χ4v) is 4.97. The summed E-state index contributed by atoms with van der Waals surface area (Å²) in [6.07, 6.45) is 0. The summed E-state index contributed by atoms with van der Waals surface area (Å²) in [5, 5.41) is 7.73.